The van der Waals surface area contributed by atoms with Gasteiger partial charge in [0.15, 0.2) is 0 Å². The number of nitrogens with zero attached hydrogens (tertiary/aromatic N) is 5. The maximum absolute atomic E-state index is 12.8. The number of aromatic nitrogens is 6. The molecule has 1 aliphatic heterocycles. The fourth-order valence-corrected chi connectivity index (χ4v) is 5.94. The van der Waals surface area contributed by atoms with Gasteiger partial charge in [0.1, 0.15) is 5.60 Å². The fourth-order valence-electron chi connectivity index (χ4n) is 5.28. The lowest BCUT2D eigenvalue weighted by Crippen LogP contribution is -2.37. The van der Waals surface area contributed by atoms with Crippen LogP contribution in [0.15, 0.2) is 58.3 Å². The topological polar surface area (TPSA) is 94.7 Å². The number of H-pyrrole nitrogens is 1. The minimum atomic E-state index is -4.39. The first-order valence-electron chi connectivity index (χ1n) is 13.1. The van der Waals surface area contributed by atoms with Gasteiger partial charge in [-0.25, -0.2) is 4.68 Å². The maximum Gasteiger partial charge on any atom is 0.416 e. The van der Waals surface area contributed by atoms with E-state index in [-0.39, 0.29) is 0 Å². The first-order valence-corrected chi connectivity index (χ1v) is 14.1. The van der Waals surface area contributed by atoms with E-state index in [1.54, 1.807) is 6.20 Å². The summed E-state index contributed by atoms with van der Waals surface area (Å²) in [6.07, 6.45) is 0.259. The summed E-state index contributed by atoms with van der Waals surface area (Å²) >= 11 is 1.32. The number of halogens is 3. The molecule has 40 heavy (non-hydrogen) atoms. The van der Waals surface area contributed by atoms with E-state index in [4.69, 9.17) is 9.15 Å². The van der Waals surface area contributed by atoms with Crippen molar-refractivity contribution in [2.24, 2.45) is 0 Å². The molecule has 1 unspecified atom stereocenters. The second-order valence-corrected chi connectivity index (χ2v) is 10.7. The van der Waals surface area contributed by atoms with Crippen LogP contribution in [-0.2, 0) is 41.5 Å². The summed E-state index contributed by atoms with van der Waals surface area (Å²) in [7, 11) is 0. The van der Waals surface area contributed by atoms with Gasteiger partial charge in [0.05, 0.1) is 41.9 Å². The molecule has 0 radical (unpaired) electrons. The molecule has 6 rings (SSSR count). The van der Waals surface area contributed by atoms with E-state index in [2.05, 4.69) is 57.5 Å². The number of fused-ring (bicyclic) bond motifs is 3. The number of para-hydroxylation sites is 1. The Balaban J connectivity index is 1.16. The fraction of sp³-hybridized carbons (Fsp3) is 0.357. The highest BCUT2D eigenvalue weighted by atomic mass is 32.2. The predicted molar refractivity (Wildman–Crippen MR) is 143 cm³/mol. The third-order valence-electron chi connectivity index (χ3n) is 7.39. The Kier molecular flexibility index (Phi) is 6.91. The van der Waals surface area contributed by atoms with Crippen molar-refractivity contribution in [3.8, 4) is 5.69 Å². The zero-order valence-electron chi connectivity index (χ0n) is 22.0. The van der Waals surface area contributed by atoms with Crippen LogP contribution in [0.3, 0.4) is 0 Å². The van der Waals surface area contributed by atoms with Crippen LogP contribution in [0, 0.1) is 0 Å². The van der Waals surface area contributed by atoms with Crippen LogP contribution in [0.2, 0.25) is 0 Å². The zero-order valence-corrected chi connectivity index (χ0v) is 22.8. The molecule has 0 bridgehead atoms. The zero-order chi connectivity index (χ0) is 27.9. The molecular weight excluding hydrogens is 541 g/mol. The van der Waals surface area contributed by atoms with Gasteiger partial charge in [0.2, 0.25) is 5.89 Å². The Morgan fingerprint density at radius 1 is 1.07 bits per heavy atom. The molecule has 0 aliphatic carbocycles. The molecule has 208 valence electrons. The van der Waals surface area contributed by atoms with Gasteiger partial charge in [-0.2, -0.15) is 13.2 Å². The lowest BCUT2D eigenvalue weighted by Gasteiger charge is -2.35. The first-order chi connectivity index (χ1) is 19.3. The normalized spacial score (nSPS) is 17.4. The van der Waals surface area contributed by atoms with Gasteiger partial charge in [-0.05, 0) is 54.7 Å². The van der Waals surface area contributed by atoms with E-state index in [0.29, 0.717) is 41.3 Å². The molecular formula is C28H27F3N6O2S. The minimum Gasteiger partial charge on any atom is -0.416 e. The van der Waals surface area contributed by atoms with Crippen molar-refractivity contribution in [1.29, 1.82) is 0 Å². The molecule has 0 fully saturated rings. The third kappa shape index (κ3) is 4.90. The van der Waals surface area contributed by atoms with Gasteiger partial charge >= 0.3 is 6.18 Å². The average molecular weight is 569 g/mol. The number of hydrogen-bond acceptors (Lipinski definition) is 7. The second kappa shape index (κ2) is 10.4. The number of benzene rings is 2. The van der Waals surface area contributed by atoms with Gasteiger partial charge in [-0.15, -0.1) is 15.3 Å². The Morgan fingerprint density at radius 2 is 1.90 bits per heavy atom. The van der Waals surface area contributed by atoms with Crippen molar-refractivity contribution in [2.45, 2.75) is 62.3 Å². The Labute approximate surface area is 232 Å². The highest BCUT2D eigenvalue weighted by Crippen LogP contribution is 2.42. The Morgan fingerprint density at radius 3 is 2.65 bits per heavy atom. The van der Waals surface area contributed by atoms with Crippen molar-refractivity contribution in [2.75, 3.05) is 6.61 Å². The predicted octanol–water partition coefficient (Wildman–Crippen LogP) is 6.43. The molecule has 0 amide bonds. The van der Waals surface area contributed by atoms with Gasteiger partial charge in [0, 0.05) is 16.7 Å². The van der Waals surface area contributed by atoms with Crippen LogP contribution < -0.4 is 0 Å². The molecule has 1 N–H and O–H groups in total. The van der Waals surface area contributed by atoms with Crippen LogP contribution in [0.4, 0.5) is 13.2 Å². The lowest BCUT2D eigenvalue weighted by molar-refractivity contribution is -0.137. The number of thioether (sulfide) groups is 1. The number of nitrogens with one attached hydrogen (secondary N) is 1. The Bertz CT molecular complexity index is 1640. The van der Waals surface area contributed by atoms with Crippen molar-refractivity contribution >= 4 is 22.7 Å². The Hall–Kier alpha value is -3.64. The summed E-state index contributed by atoms with van der Waals surface area (Å²) in [4.78, 5) is 3.68. The average Bonchev–Trinajstić information content (AvgIpc) is 3.70. The molecule has 0 spiro atoms. The molecule has 1 aliphatic rings. The standard InChI is InChI=1S/C28H27F3N6O2S/c1-3-17-6-5-7-21-22-12-13-38-27(4-2,25(22)32-24(17)21)14-23-34-35-26(39-23)40-16-19-15-37(36-33-19)20-10-8-18(9-11-20)28(29,30)31/h5-11,15,32H,3-4,12-14,16H2,1-2H3. The van der Waals surface area contributed by atoms with Crippen LogP contribution in [0.5, 0.6) is 0 Å². The smallest absolute Gasteiger partial charge is 0.416 e. The molecule has 0 saturated heterocycles. The molecule has 1 atom stereocenters. The summed E-state index contributed by atoms with van der Waals surface area (Å²) in [5.41, 5.74) is 4.64. The SMILES string of the molecule is CCc1cccc2c3c([nH]c12)C(CC)(Cc1nnc(SCc2cn(-c4ccc(C(F)(F)F)cc4)nn2)o1)OCC3. The monoisotopic (exact) mass is 568 g/mol. The molecule has 5 aromatic rings. The van der Waals surface area contributed by atoms with E-state index in [1.165, 1.54) is 50.6 Å². The highest BCUT2D eigenvalue weighted by molar-refractivity contribution is 7.98. The van der Waals surface area contributed by atoms with Gasteiger partial charge < -0.3 is 14.1 Å². The van der Waals surface area contributed by atoms with E-state index in [1.807, 2.05) is 0 Å². The quantitative estimate of drug-likeness (QED) is 0.216. The summed E-state index contributed by atoms with van der Waals surface area (Å²) in [5, 5.41) is 18.3. The molecule has 8 nitrogen and oxygen atoms in total. The third-order valence-corrected chi connectivity index (χ3v) is 8.25. The molecule has 0 saturated carbocycles. The van der Waals surface area contributed by atoms with E-state index in [9.17, 15) is 13.2 Å². The summed E-state index contributed by atoms with van der Waals surface area (Å²) < 4.78 is 52.3. The van der Waals surface area contributed by atoms with E-state index >= 15 is 0 Å². The second-order valence-electron chi connectivity index (χ2n) is 9.74. The minimum absolute atomic E-state index is 0.395. The molecule has 3 aromatic heterocycles. The molecule has 2 aromatic carbocycles. The van der Waals surface area contributed by atoms with Crippen molar-refractivity contribution in [1.82, 2.24) is 30.2 Å². The molecule has 12 heteroatoms. The summed E-state index contributed by atoms with van der Waals surface area (Å²) in [6.45, 7) is 4.88. The van der Waals surface area contributed by atoms with E-state index in [0.717, 1.165) is 37.1 Å². The van der Waals surface area contributed by atoms with Crippen molar-refractivity contribution < 1.29 is 22.3 Å². The van der Waals surface area contributed by atoms with Crippen molar-refractivity contribution in [3.63, 3.8) is 0 Å². The number of ether oxygens (including phenoxy) is 1. The van der Waals surface area contributed by atoms with Crippen LogP contribution in [0.25, 0.3) is 16.6 Å². The van der Waals surface area contributed by atoms with Gasteiger partial charge in [-0.1, -0.05) is 49.0 Å². The van der Waals surface area contributed by atoms with Crippen LogP contribution in [-0.4, -0.2) is 36.8 Å². The molecule has 4 heterocycles. The lowest BCUT2D eigenvalue weighted by atomic mass is 9.86. The number of rotatable bonds is 8. The largest absolute Gasteiger partial charge is 0.416 e. The number of alkyl halides is 3. The van der Waals surface area contributed by atoms with E-state index < -0.39 is 17.3 Å². The summed E-state index contributed by atoms with van der Waals surface area (Å²) in [6, 6.07) is 11.2. The van der Waals surface area contributed by atoms with Crippen LogP contribution >= 0.6 is 11.8 Å². The number of aryl methyl sites for hydroxylation is 1. The van der Waals surface area contributed by atoms with Gasteiger partial charge in [0.25, 0.3) is 5.22 Å². The highest BCUT2D eigenvalue weighted by Gasteiger charge is 2.41. The first kappa shape index (κ1) is 26.6. The maximum atomic E-state index is 12.8. The van der Waals surface area contributed by atoms with Gasteiger partial charge in [-0.3, -0.25) is 0 Å². The number of hydrogen-bond donors (Lipinski definition) is 1. The van der Waals surface area contributed by atoms with Crippen molar-refractivity contribution in [3.05, 3.63) is 82.6 Å². The number of aromatic amines is 1. The van der Waals surface area contributed by atoms with Crippen LogP contribution in [0.1, 0.15) is 54.2 Å². The summed E-state index contributed by atoms with van der Waals surface area (Å²) in [5.74, 6) is 0.892.